The van der Waals surface area contributed by atoms with E-state index >= 15 is 0 Å². The van der Waals surface area contributed by atoms with E-state index in [1.807, 2.05) is 37.4 Å². The molecule has 2 aromatic carbocycles. The van der Waals surface area contributed by atoms with Crippen molar-refractivity contribution >= 4 is 16.9 Å². The highest BCUT2D eigenvalue weighted by Gasteiger charge is 2.13. The first kappa shape index (κ1) is 16.6. The van der Waals surface area contributed by atoms with Gasteiger partial charge in [0, 0.05) is 26.4 Å². The average Bonchev–Trinajstić information content (AvgIpc) is 3.23. The number of para-hydroxylation sites is 2. The van der Waals surface area contributed by atoms with E-state index in [9.17, 15) is 4.79 Å². The Labute approximate surface area is 153 Å². The molecule has 0 radical (unpaired) electrons. The van der Waals surface area contributed by atoms with Gasteiger partial charge in [-0.3, -0.25) is 4.79 Å². The maximum absolute atomic E-state index is 12.2. The summed E-state index contributed by atoms with van der Waals surface area (Å²) in [4.78, 5) is 16.8. The maximum atomic E-state index is 12.2. The SMILES string of the molecule is Cn1c(CCCNC(=O)Cc2ccc3c(c2)CCO3)nc2ccccc21. The number of benzene rings is 2. The number of aromatic nitrogens is 2. The number of nitrogens with one attached hydrogen (secondary N) is 1. The van der Waals surface area contributed by atoms with Crippen LogP contribution in [0.15, 0.2) is 42.5 Å². The number of hydrogen-bond donors (Lipinski definition) is 1. The zero-order chi connectivity index (χ0) is 17.9. The standard InChI is InChI=1S/C21H23N3O2/c1-24-18-6-3-2-5-17(18)23-20(24)7-4-11-22-21(25)14-15-8-9-19-16(13-15)10-12-26-19/h2-3,5-6,8-9,13H,4,7,10-12,14H2,1H3,(H,22,25). The Kier molecular flexibility index (Phi) is 4.61. The summed E-state index contributed by atoms with van der Waals surface area (Å²) in [6, 6.07) is 14.2. The lowest BCUT2D eigenvalue weighted by Gasteiger charge is -2.07. The molecule has 0 aliphatic carbocycles. The van der Waals surface area contributed by atoms with Crippen molar-refractivity contribution in [3.63, 3.8) is 0 Å². The summed E-state index contributed by atoms with van der Waals surface area (Å²) in [5, 5.41) is 3.02. The second-order valence-corrected chi connectivity index (χ2v) is 6.75. The van der Waals surface area contributed by atoms with Crippen LogP contribution < -0.4 is 10.1 Å². The first-order valence-electron chi connectivity index (χ1n) is 9.12. The van der Waals surface area contributed by atoms with Gasteiger partial charge < -0.3 is 14.6 Å². The summed E-state index contributed by atoms with van der Waals surface area (Å²) in [5.74, 6) is 2.07. The third-order valence-electron chi connectivity index (χ3n) is 4.90. The molecule has 0 fully saturated rings. The van der Waals surface area contributed by atoms with Crippen LogP contribution in [0, 0.1) is 0 Å². The van der Waals surface area contributed by atoms with Crippen LogP contribution in [0.4, 0.5) is 0 Å². The molecule has 1 N–H and O–H groups in total. The largest absolute Gasteiger partial charge is 0.493 e. The van der Waals surface area contributed by atoms with Crippen LogP contribution in [-0.2, 0) is 31.1 Å². The molecule has 0 saturated heterocycles. The van der Waals surface area contributed by atoms with Crippen molar-refractivity contribution in [2.75, 3.05) is 13.2 Å². The minimum atomic E-state index is 0.0638. The van der Waals surface area contributed by atoms with E-state index in [1.165, 1.54) is 5.56 Å². The molecule has 1 aliphatic rings. The fourth-order valence-electron chi connectivity index (χ4n) is 3.49. The molecule has 5 heteroatoms. The van der Waals surface area contributed by atoms with Crippen molar-refractivity contribution < 1.29 is 9.53 Å². The van der Waals surface area contributed by atoms with Crippen molar-refractivity contribution in [1.29, 1.82) is 0 Å². The van der Waals surface area contributed by atoms with E-state index in [1.54, 1.807) is 0 Å². The van der Waals surface area contributed by atoms with E-state index < -0.39 is 0 Å². The second-order valence-electron chi connectivity index (χ2n) is 6.75. The predicted molar refractivity (Wildman–Crippen MR) is 101 cm³/mol. The number of carbonyl (C=O) groups excluding carboxylic acids is 1. The molecular weight excluding hydrogens is 326 g/mol. The smallest absolute Gasteiger partial charge is 0.224 e. The molecule has 0 unspecified atom stereocenters. The Balaban J connectivity index is 1.26. The molecule has 26 heavy (non-hydrogen) atoms. The van der Waals surface area contributed by atoms with E-state index in [0.717, 1.165) is 54.0 Å². The Morgan fingerprint density at radius 3 is 3.04 bits per heavy atom. The third kappa shape index (κ3) is 3.43. The van der Waals surface area contributed by atoms with Gasteiger partial charge in [0.15, 0.2) is 0 Å². The number of carbonyl (C=O) groups is 1. The predicted octanol–water partition coefficient (Wildman–Crippen LogP) is 2.80. The van der Waals surface area contributed by atoms with Crippen molar-refractivity contribution in [2.45, 2.75) is 25.7 Å². The summed E-state index contributed by atoms with van der Waals surface area (Å²) >= 11 is 0. The van der Waals surface area contributed by atoms with Gasteiger partial charge in [0.25, 0.3) is 0 Å². The minimum Gasteiger partial charge on any atom is -0.493 e. The van der Waals surface area contributed by atoms with Crippen LogP contribution >= 0.6 is 0 Å². The van der Waals surface area contributed by atoms with E-state index in [2.05, 4.69) is 27.0 Å². The lowest BCUT2D eigenvalue weighted by Crippen LogP contribution is -2.26. The number of nitrogens with zero attached hydrogens (tertiary/aromatic N) is 2. The molecule has 134 valence electrons. The summed E-state index contributed by atoms with van der Waals surface area (Å²) in [7, 11) is 2.04. The molecule has 0 atom stereocenters. The normalized spacial score (nSPS) is 12.8. The molecule has 2 heterocycles. The Morgan fingerprint density at radius 1 is 1.27 bits per heavy atom. The number of amides is 1. The topological polar surface area (TPSA) is 56.2 Å². The first-order chi connectivity index (χ1) is 12.7. The Hall–Kier alpha value is -2.82. The molecule has 5 nitrogen and oxygen atoms in total. The van der Waals surface area contributed by atoms with Gasteiger partial charge in [-0.15, -0.1) is 0 Å². The summed E-state index contributed by atoms with van der Waals surface area (Å²) in [6.07, 6.45) is 3.07. The van der Waals surface area contributed by atoms with Gasteiger partial charge in [-0.05, 0) is 35.7 Å². The highest BCUT2D eigenvalue weighted by atomic mass is 16.5. The molecule has 1 amide bonds. The Morgan fingerprint density at radius 2 is 2.15 bits per heavy atom. The van der Waals surface area contributed by atoms with Gasteiger partial charge in [0.1, 0.15) is 11.6 Å². The summed E-state index contributed by atoms with van der Waals surface area (Å²) in [5.41, 5.74) is 4.42. The third-order valence-corrected chi connectivity index (χ3v) is 4.90. The molecule has 1 aromatic heterocycles. The van der Waals surface area contributed by atoms with Gasteiger partial charge >= 0.3 is 0 Å². The number of ether oxygens (including phenoxy) is 1. The molecule has 0 bridgehead atoms. The highest BCUT2D eigenvalue weighted by molar-refractivity contribution is 5.78. The first-order valence-corrected chi connectivity index (χ1v) is 9.12. The van der Waals surface area contributed by atoms with Gasteiger partial charge in [-0.1, -0.05) is 24.3 Å². The zero-order valence-electron chi connectivity index (χ0n) is 15.0. The fourth-order valence-corrected chi connectivity index (χ4v) is 3.49. The van der Waals surface area contributed by atoms with E-state index in [-0.39, 0.29) is 5.91 Å². The molecule has 3 aromatic rings. The van der Waals surface area contributed by atoms with Crippen molar-refractivity contribution in [3.05, 3.63) is 59.4 Å². The molecule has 0 spiro atoms. The van der Waals surface area contributed by atoms with Crippen LogP contribution in [0.25, 0.3) is 11.0 Å². The number of rotatable bonds is 6. The van der Waals surface area contributed by atoms with Crippen LogP contribution in [0.1, 0.15) is 23.4 Å². The molecule has 1 aliphatic heterocycles. The van der Waals surface area contributed by atoms with E-state index in [4.69, 9.17) is 4.74 Å². The molecule has 0 saturated carbocycles. The second kappa shape index (κ2) is 7.20. The maximum Gasteiger partial charge on any atom is 0.224 e. The molecular formula is C21H23N3O2. The number of aryl methyl sites for hydroxylation is 2. The van der Waals surface area contributed by atoms with Crippen LogP contribution in [0.2, 0.25) is 0 Å². The summed E-state index contributed by atoms with van der Waals surface area (Å²) < 4.78 is 7.63. The number of imidazole rings is 1. The number of fused-ring (bicyclic) bond motifs is 2. The van der Waals surface area contributed by atoms with Crippen molar-refractivity contribution in [3.8, 4) is 5.75 Å². The van der Waals surface area contributed by atoms with Crippen molar-refractivity contribution in [1.82, 2.24) is 14.9 Å². The highest BCUT2D eigenvalue weighted by Crippen LogP contribution is 2.26. The van der Waals surface area contributed by atoms with Crippen molar-refractivity contribution in [2.24, 2.45) is 7.05 Å². The Bertz CT molecular complexity index is 946. The minimum absolute atomic E-state index is 0.0638. The van der Waals surface area contributed by atoms with Crippen LogP contribution in [-0.4, -0.2) is 28.6 Å². The summed E-state index contributed by atoms with van der Waals surface area (Å²) in [6.45, 7) is 1.41. The number of hydrogen-bond acceptors (Lipinski definition) is 3. The monoisotopic (exact) mass is 349 g/mol. The zero-order valence-corrected chi connectivity index (χ0v) is 15.0. The average molecular weight is 349 g/mol. The lowest BCUT2D eigenvalue weighted by molar-refractivity contribution is -0.120. The van der Waals surface area contributed by atoms with Gasteiger partial charge in [0.05, 0.1) is 24.1 Å². The van der Waals surface area contributed by atoms with Gasteiger partial charge in [-0.2, -0.15) is 0 Å². The lowest BCUT2D eigenvalue weighted by atomic mass is 10.1. The molecule has 4 rings (SSSR count). The van der Waals surface area contributed by atoms with Gasteiger partial charge in [-0.25, -0.2) is 4.98 Å². The fraction of sp³-hybridized carbons (Fsp3) is 0.333. The van der Waals surface area contributed by atoms with E-state index in [0.29, 0.717) is 13.0 Å². The van der Waals surface area contributed by atoms with Gasteiger partial charge in [0.2, 0.25) is 5.91 Å². The quantitative estimate of drug-likeness (QED) is 0.696. The van der Waals surface area contributed by atoms with Crippen LogP contribution in [0.3, 0.4) is 0 Å². The van der Waals surface area contributed by atoms with Crippen LogP contribution in [0.5, 0.6) is 5.75 Å².